The topological polar surface area (TPSA) is 75.7 Å². The molecule has 0 aliphatic carbocycles. The number of aromatic carboxylic acids is 1. The lowest BCUT2D eigenvalue weighted by Gasteiger charge is -2.01. The number of aliphatic imine (C=N–C) groups is 1. The molecule has 1 aromatic carbocycles. The summed E-state index contributed by atoms with van der Waals surface area (Å²) in [6.07, 6.45) is 0. The molecule has 0 radical (unpaired) electrons. The van der Waals surface area contributed by atoms with Gasteiger partial charge in [-0.25, -0.2) is 9.79 Å². The molecular formula is C9H8Cl2N2O2. The van der Waals surface area contributed by atoms with Crippen LogP contribution in [-0.2, 0) is 0 Å². The van der Waals surface area contributed by atoms with Gasteiger partial charge in [0.15, 0.2) is 0 Å². The smallest absolute Gasteiger partial charge is 0.335 e. The predicted molar refractivity (Wildman–Crippen MR) is 60.4 cm³/mol. The number of nitrogens with zero attached hydrogens (tertiary/aromatic N) is 1. The monoisotopic (exact) mass is 246 g/mol. The van der Waals surface area contributed by atoms with Crippen molar-refractivity contribution in [1.29, 1.82) is 0 Å². The summed E-state index contributed by atoms with van der Waals surface area (Å²) < 4.78 is 0. The number of hydrogen-bond donors (Lipinski definition) is 2. The Morgan fingerprint density at radius 2 is 2.20 bits per heavy atom. The van der Waals surface area contributed by atoms with Crippen molar-refractivity contribution in [3.8, 4) is 0 Å². The summed E-state index contributed by atoms with van der Waals surface area (Å²) in [6.45, 7) is 0. The van der Waals surface area contributed by atoms with Crippen molar-refractivity contribution >= 4 is 40.7 Å². The van der Waals surface area contributed by atoms with Gasteiger partial charge in [-0.15, -0.1) is 11.6 Å². The van der Waals surface area contributed by atoms with Gasteiger partial charge in [-0.05, 0) is 18.2 Å². The van der Waals surface area contributed by atoms with Crippen molar-refractivity contribution in [2.45, 2.75) is 0 Å². The van der Waals surface area contributed by atoms with Crippen molar-refractivity contribution in [2.24, 2.45) is 10.7 Å². The molecule has 0 aliphatic heterocycles. The highest BCUT2D eigenvalue weighted by atomic mass is 35.5. The largest absolute Gasteiger partial charge is 0.478 e. The fourth-order valence-electron chi connectivity index (χ4n) is 0.916. The molecule has 0 aromatic heterocycles. The average molecular weight is 247 g/mol. The van der Waals surface area contributed by atoms with E-state index >= 15 is 0 Å². The van der Waals surface area contributed by atoms with E-state index in [-0.39, 0.29) is 17.3 Å². The standard InChI is InChI=1S/C9H8Cl2N2O2/c10-4-8(12)13-7-3-5(9(14)15)1-2-6(7)11/h1-3H,4H2,(H2,12,13)(H,14,15). The summed E-state index contributed by atoms with van der Waals surface area (Å²) in [4.78, 5) is 14.6. The molecule has 6 heteroatoms. The molecule has 4 nitrogen and oxygen atoms in total. The highest BCUT2D eigenvalue weighted by molar-refractivity contribution is 6.33. The van der Waals surface area contributed by atoms with E-state index in [2.05, 4.69) is 4.99 Å². The lowest BCUT2D eigenvalue weighted by Crippen LogP contribution is -2.12. The van der Waals surface area contributed by atoms with Crippen LogP contribution in [0.5, 0.6) is 0 Å². The average Bonchev–Trinajstić information content (AvgIpc) is 2.20. The minimum atomic E-state index is -1.05. The van der Waals surface area contributed by atoms with Gasteiger partial charge in [-0.3, -0.25) is 0 Å². The van der Waals surface area contributed by atoms with Crippen LogP contribution in [0, 0.1) is 0 Å². The van der Waals surface area contributed by atoms with Crippen LogP contribution in [0.1, 0.15) is 10.4 Å². The molecule has 0 spiro atoms. The second-order valence-electron chi connectivity index (χ2n) is 2.71. The number of hydrogen-bond acceptors (Lipinski definition) is 2. The van der Waals surface area contributed by atoms with Gasteiger partial charge in [-0.2, -0.15) is 0 Å². The zero-order chi connectivity index (χ0) is 11.4. The highest BCUT2D eigenvalue weighted by Crippen LogP contribution is 2.25. The quantitative estimate of drug-likeness (QED) is 0.488. The Labute approximate surface area is 96.3 Å². The van der Waals surface area contributed by atoms with Crippen molar-refractivity contribution < 1.29 is 9.90 Å². The van der Waals surface area contributed by atoms with Crippen molar-refractivity contribution in [3.63, 3.8) is 0 Å². The number of benzene rings is 1. The Morgan fingerprint density at radius 1 is 1.53 bits per heavy atom. The minimum absolute atomic E-state index is 0.0631. The van der Waals surface area contributed by atoms with E-state index in [1.54, 1.807) is 0 Å². The third-order valence-corrected chi connectivity index (χ3v) is 2.19. The van der Waals surface area contributed by atoms with Crippen molar-refractivity contribution in [2.75, 3.05) is 5.88 Å². The van der Waals surface area contributed by atoms with Crippen LogP contribution in [0.15, 0.2) is 23.2 Å². The molecule has 0 unspecified atom stereocenters. The van der Waals surface area contributed by atoms with Gasteiger partial charge in [-0.1, -0.05) is 11.6 Å². The molecule has 0 aliphatic rings. The number of nitrogens with two attached hydrogens (primary N) is 1. The third-order valence-electron chi connectivity index (χ3n) is 1.59. The Kier molecular flexibility index (Phi) is 3.94. The molecule has 0 saturated heterocycles. The zero-order valence-electron chi connectivity index (χ0n) is 7.58. The lowest BCUT2D eigenvalue weighted by atomic mass is 10.2. The second-order valence-corrected chi connectivity index (χ2v) is 3.38. The van der Waals surface area contributed by atoms with Gasteiger partial charge in [0, 0.05) is 0 Å². The van der Waals surface area contributed by atoms with E-state index in [0.29, 0.717) is 10.7 Å². The van der Waals surface area contributed by atoms with Gasteiger partial charge in [0.25, 0.3) is 0 Å². The maximum absolute atomic E-state index is 10.7. The summed E-state index contributed by atoms with van der Waals surface area (Å²) in [5.74, 6) is -0.804. The normalized spacial score (nSPS) is 11.5. The molecule has 0 saturated carbocycles. The minimum Gasteiger partial charge on any atom is -0.478 e. The van der Waals surface area contributed by atoms with Gasteiger partial charge in [0.05, 0.1) is 22.2 Å². The summed E-state index contributed by atoms with van der Waals surface area (Å²) in [7, 11) is 0. The zero-order valence-corrected chi connectivity index (χ0v) is 9.09. The lowest BCUT2D eigenvalue weighted by molar-refractivity contribution is 0.0697. The number of amidine groups is 1. The Balaban J connectivity index is 3.17. The van der Waals surface area contributed by atoms with E-state index < -0.39 is 5.97 Å². The number of rotatable bonds is 3. The molecule has 0 bridgehead atoms. The number of halogens is 2. The number of alkyl halides is 1. The van der Waals surface area contributed by atoms with Crippen LogP contribution < -0.4 is 5.73 Å². The van der Waals surface area contributed by atoms with Gasteiger partial charge in [0.1, 0.15) is 5.84 Å². The first kappa shape index (κ1) is 11.8. The number of carbonyl (C=O) groups is 1. The maximum Gasteiger partial charge on any atom is 0.335 e. The number of carboxylic acids is 1. The third kappa shape index (κ3) is 3.11. The van der Waals surface area contributed by atoms with E-state index in [0.717, 1.165) is 0 Å². The Morgan fingerprint density at radius 3 is 2.73 bits per heavy atom. The van der Waals surface area contributed by atoms with Crippen LogP contribution in [-0.4, -0.2) is 22.8 Å². The first-order valence-electron chi connectivity index (χ1n) is 3.96. The second kappa shape index (κ2) is 5.00. The molecule has 0 atom stereocenters. The molecule has 3 N–H and O–H groups in total. The van der Waals surface area contributed by atoms with Crippen LogP contribution >= 0.6 is 23.2 Å². The molecule has 1 rings (SSSR count). The highest BCUT2D eigenvalue weighted by Gasteiger charge is 2.06. The number of carboxylic acid groups (broad SMARTS) is 1. The Hall–Kier alpha value is -1.26. The van der Waals surface area contributed by atoms with Crippen molar-refractivity contribution in [3.05, 3.63) is 28.8 Å². The Bertz CT molecular complexity index is 419. The summed E-state index contributed by atoms with van der Waals surface area (Å²) in [5, 5.41) is 9.07. The van der Waals surface area contributed by atoms with Crippen LogP contribution in [0.4, 0.5) is 5.69 Å². The van der Waals surface area contributed by atoms with E-state index in [9.17, 15) is 4.79 Å². The van der Waals surface area contributed by atoms with E-state index in [1.165, 1.54) is 18.2 Å². The van der Waals surface area contributed by atoms with E-state index in [4.69, 9.17) is 34.0 Å². The van der Waals surface area contributed by atoms with Gasteiger partial charge in [0.2, 0.25) is 0 Å². The molecule has 0 fully saturated rings. The summed E-state index contributed by atoms with van der Waals surface area (Å²) in [6, 6.07) is 4.18. The SMILES string of the molecule is NC(CCl)=Nc1cc(C(=O)O)ccc1Cl. The molecule has 0 amide bonds. The van der Waals surface area contributed by atoms with Crippen LogP contribution in [0.25, 0.3) is 0 Å². The van der Waals surface area contributed by atoms with Gasteiger partial charge >= 0.3 is 5.97 Å². The van der Waals surface area contributed by atoms with Crippen molar-refractivity contribution in [1.82, 2.24) is 0 Å². The maximum atomic E-state index is 10.7. The fourth-order valence-corrected chi connectivity index (χ4v) is 1.14. The van der Waals surface area contributed by atoms with E-state index in [1.807, 2.05) is 0 Å². The summed E-state index contributed by atoms with van der Waals surface area (Å²) >= 11 is 11.2. The molecular weight excluding hydrogens is 239 g/mol. The first-order valence-corrected chi connectivity index (χ1v) is 4.87. The first-order chi connectivity index (χ1) is 7.04. The van der Waals surface area contributed by atoms with Crippen LogP contribution in [0.3, 0.4) is 0 Å². The summed E-state index contributed by atoms with van der Waals surface area (Å²) in [5.41, 5.74) is 5.81. The fraction of sp³-hybridized carbons (Fsp3) is 0.111. The van der Waals surface area contributed by atoms with Crippen LogP contribution in [0.2, 0.25) is 5.02 Å². The molecule has 1 aromatic rings. The van der Waals surface area contributed by atoms with Gasteiger partial charge < -0.3 is 10.8 Å². The molecule has 0 heterocycles. The predicted octanol–water partition coefficient (Wildman–Crippen LogP) is 2.27. The molecule has 80 valence electrons. The molecule has 15 heavy (non-hydrogen) atoms.